The van der Waals surface area contributed by atoms with Crippen LogP contribution in [0.3, 0.4) is 0 Å². The van der Waals surface area contributed by atoms with Crippen molar-refractivity contribution in [3.63, 3.8) is 0 Å². The first-order chi connectivity index (χ1) is 11.3. The minimum atomic E-state index is -2.05. The average Bonchev–Trinajstić information content (AvgIpc) is 2.94. The number of hydrogen-bond donors (Lipinski definition) is 3. The third-order valence-corrected chi connectivity index (χ3v) is 3.94. The van der Waals surface area contributed by atoms with Crippen LogP contribution in [-0.4, -0.2) is 53.8 Å². The number of nitrogens with one attached hydrogen (secondary N) is 1. The summed E-state index contributed by atoms with van der Waals surface area (Å²) >= 11 is 0. The van der Waals surface area contributed by atoms with Crippen LogP contribution in [-0.2, 0) is 14.4 Å². The predicted molar refractivity (Wildman–Crippen MR) is 84.7 cm³/mol. The van der Waals surface area contributed by atoms with Gasteiger partial charge < -0.3 is 25.2 Å². The maximum atomic E-state index is 12.2. The van der Waals surface area contributed by atoms with Gasteiger partial charge in [-0.2, -0.15) is 0 Å². The van der Waals surface area contributed by atoms with Gasteiger partial charge in [-0.05, 0) is 19.1 Å². The first kappa shape index (κ1) is 17.7. The average molecular weight is 336 g/mol. The Kier molecular flexibility index (Phi) is 5.08. The molecular formula is C16H20N2O6. The summed E-state index contributed by atoms with van der Waals surface area (Å²) in [6.07, 6.45) is 0.0130. The number of methoxy groups -OCH3 is 1. The summed E-state index contributed by atoms with van der Waals surface area (Å²) in [5.74, 6) is -2.21. The molecule has 0 saturated carbocycles. The number of rotatable bonds is 6. The first-order valence-electron chi connectivity index (χ1n) is 7.43. The smallest absolute Gasteiger partial charge is 0.337 e. The summed E-state index contributed by atoms with van der Waals surface area (Å²) < 4.78 is 5.23. The summed E-state index contributed by atoms with van der Waals surface area (Å²) in [7, 11) is 1.50. The normalized spacial score (nSPS) is 19.7. The molecule has 2 unspecified atom stereocenters. The highest BCUT2D eigenvalue weighted by molar-refractivity contribution is 6.01. The summed E-state index contributed by atoms with van der Waals surface area (Å²) in [6, 6.07) is 7.00. The Morgan fingerprint density at radius 1 is 1.42 bits per heavy atom. The second-order valence-corrected chi connectivity index (χ2v) is 5.87. The van der Waals surface area contributed by atoms with Gasteiger partial charge in [0.1, 0.15) is 5.75 Å². The number of hydrogen-bond acceptors (Lipinski definition) is 5. The van der Waals surface area contributed by atoms with Crippen molar-refractivity contribution < 1.29 is 29.3 Å². The molecule has 130 valence electrons. The van der Waals surface area contributed by atoms with Crippen LogP contribution in [0.2, 0.25) is 0 Å². The van der Waals surface area contributed by atoms with E-state index in [9.17, 15) is 19.5 Å². The maximum Gasteiger partial charge on any atom is 0.337 e. The molecule has 8 heteroatoms. The number of anilines is 1. The summed E-state index contributed by atoms with van der Waals surface area (Å²) in [5, 5.41) is 20.8. The number of carbonyl (C=O) groups is 3. The van der Waals surface area contributed by atoms with Crippen LogP contribution in [0.15, 0.2) is 24.3 Å². The van der Waals surface area contributed by atoms with Crippen LogP contribution in [0.1, 0.15) is 13.3 Å². The molecule has 0 spiro atoms. The van der Waals surface area contributed by atoms with Gasteiger partial charge in [0, 0.05) is 13.0 Å². The standard InChI is InChI=1S/C16H20N2O6/c1-16(23,15(21)22)9-17-14(20)10-7-13(19)18(8-10)11-5-3-4-6-12(11)24-2/h3-6,10,23H,7-9H2,1-2H3,(H,17,20)(H,21,22). The lowest BCUT2D eigenvalue weighted by atomic mass is 10.1. The fourth-order valence-electron chi connectivity index (χ4n) is 2.45. The van der Waals surface area contributed by atoms with Crippen LogP contribution in [0.25, 0.3) is 0 Å². The molecule has 1 heterocycles. The summed E-state index contributed by atoms with van der Waals surface area (Å²) in [6.45, 7) is 0.831. The molecule has 2 atom stereocenters. The minimum absolute atomic E-state index is 0.0130. The lowest BCUT2D eigenvalue weighted by Gasteiger charge is -2.21. The summed E-state index contributed by atoms with van der Waals surface area (Å²) in [4.78, 5) is 36.7. The molecule has 1 aliphatic heterocycles. The van der Waals surface area contributed by atoms with Gasteiger partial charge in [-0.15, -0.1) is 0 Å². The highest BCUT2D eigenvalue weighted by Gasteiger charge is 2.37. The molecule has 2 amide bonds. The molecule has 1 aromatic carbocycles. The third kappa shape index (κ3) is 3.65. The van der Waals surface area contributed by atoms with Gasteiger partial charge in [0.25, 0.3) is 0 Å². The van der Waals surface area contributed by atoms with Crippen molar-refractivity contribution >= 4 is 23.5 Å². The van der Waals surface area contributed by atoms with Crippen molar-refractivity contribution in [1.29, 1.82) is 0 Å². The van der Waals surface area contributed by atoms with Gasteiger partial charge >= 0.3 is 5.97 Å². The van der Waals surface area contributed by atoms with E-state index in [2.05, 4.69) is 5.32 Å². The van der Waals surface area contributed by atoms with E-state index >= 15 is 0 Å². The van der Waals surface area contributed by atoms with Crippen LogP contribution in [0.4, 0.5) is 5.69 Å². The molecule has 0 bridgehead atoms. The molecule has 3 N–H and O–H groups in total. The van der Waals surface area contributed by atoms with Gasteiger partial charge in [0.05, 0.1) is 25.3 Å². The zero-order valence-electron chi connectivity index (χ0n) is 13.5. The van der Waals surface area contributed by atoms with Crippen molar-refractivity contribution in [2.24, 2.45) is 5.92 Å². The number of carboxylic acids is 1. The summed E-state index contributed by atoms with van der Waals surface area (Å²) in [5.41, 5.74) is -1.47. The van der Waals surface area contributed by atoms with E-state index in [1.165, 1.54) is 12.0 Å². The van der Waals surface area contributed by atoms with Crippen LogP contribution < -0.4 is 15.0 Å². The van der Waals surface area contributed by atoms with Gasteiger partial charge in [-0.1, -0.05) is 12.1 Å². The van der Waals surface area contributed by atoms with Crippen LogP contribution >= 0.6 is 0 Å². The fourth-order valence-corrected chi connectivity index (χ4v) is 2.45. The van der Waals surface area contributed by atoms with Gasteiger partial charge in [-0.3, -0.25) is 9.59 Å². The van der Waals surface area contributed by atoms with E-state index in [0.29, 0.717) is 11.4 Å². The van der Waals surface area contributed by atoms with Crippen molar-refractivity contribution in [2.75, 3.05) is 25.1 Å². The number of carbonyl (C=O) groups excluding carboxylic acids is 2. The molecule has 0 radical (unpaired) electrons. The number of aliphatic carboxylic acids is 1. The molecular weight excluding hydrogens is 316 g/mol. The monoisotopic (exact) mass is 336 g/mol. The Morgan fingerprint density at radius 3 is 2.71 bits per heavy atom. The molecule has 1 aliphatic rings. The zero-order valence-corrected chi connectivity index (χ0v) is 13.5. The van der Waals surface area contributed by atoms with Gasteiger partial charge in [0.2, 0.25) is 11.8 Å². The highest BCUT2D eigenvalue weighted by atomic mass is 16.5. The SMILES string of the molecule is COc1ccccc1N1CC(C(=O)NCC(C)(O)C(=O)O)CC1=O. The van der Waals surface area contributed by atoms with Crippen molar-refractivity contribution in [2.45, 2.75) is 18.9 Å². The lowest BCUT2D eigenvalue weighted by molar-refractivity contribution is -0.156. The number of para-hydroxylation sites is 2. The Labute approximate surface area is 139 Å². The predicted octanol–water partition coefficient (Wildman–Crippen LogP) is -0.000100. The fraction of sp³-hybridized carbons (Fsp3) is 0.438. The number of nitrogens with zero attached hydrogens (tertiary/aromatic N) is 1. The Balaban J connectivity index is 2.04. The Bertz CT molecular complexity index is 658. The quantitative estimate of drug-likeness (QED) is 0.673. The van der Waals surface area contributed by atoms with Crippen molar-refractivity contribution in [3.8, 4) is 5.75 Å². The van der Waals surface area contributed by atoms with E-state index in [1.807, 2.05) is 0 Å². The number of amides is 2. The molecule has 1 saturated heterocycles. The number of aliphatic hydroxyl groups is 1. The molecule has 0 aliphatic carbocycles. The number of carboxylic acid groups (broad SMARTS) is 1. The zero-order chi connectivity index (χ0) is 17.9. The molecule has 24 heavy (non-hydrogen) atoms. The molecule has 0 aromatic heterocycles. The minimum Gasteiger partial charge on any atom is -0.495 e. The largest absolute Gasteiger partial charge is 0.495 e. The van der Waals surface area contributed by atoms with E-state index in [1.54, 1.807) is 24.3 Å². The molecule has 2 rings (SSSR count). The molecule has 8 nitrogen and oxygen atoms in total. The van der Waals surface area contributed by atoms with E-state index < -0.39 is 29.9 Å². The Hall–Kier alpha value is -2.61. The third-order valence-electron chi connectivity index (χ3n) is 3.94. The maximum absolute atomic E-state index is 12.2. The highest BCUT2D eigenvalue weighted by Crippen LogP contribution is 2.32. The number of ether oxygens (including phenoxy) is 1. The second-order valence-electron chi connectivity index (χ2n) is 5.87. The van der Waals surface area contributed by atoms with Gasteiger partial charge in [-0.25, -0.2) is 4.79 Å². The molecule has 1 aromatic rings. The lowest BCUT2D eigenvalue weighted by Crippen LogP contribution is -2.48. The number of benzene rings is 1. The Morgan fingerprint density at radius 2 is 2.08 bits per heavy atom. The van der Waals surface area contributed by atoms with E-state index in [-0.39, 0.29) is 18.9 Å². The van der Waals surface area contributed by atoms with Crippen LogP contribution in [0, 0.1) is 5.92 Å². The van der Waals surface area contributed by atoms with Crippen molar-refractivity contribution in [3.05, 3.63) is 24.3 Å². The topological polar surface area (TPSA) is 116 Å². The first-order valence-corrected chi connectivity index (χ1v) is 7.43. The van der Waals surface area contributed by atoms with Gasteiger partial charge in [0.15, 0.2) is 5.60 Å². The van der Waals surface area contributed by atoms with Crippen molar-refractivity contribution in [1.82, 2.24) is 5.32 Å². The molecule has 1 fully saturated rings. The van der Waals surface area contributed by atoms with Crippen LogP contribution in [0.5, 0.6) is 5.75 Å². The second kappa shape index (κ2) is 6.88. The van der Waals surface area contributed by atoms with E-state index in [4.69, 9.17) is 9.84 Å². The van der Waals surface area contributed by atoms with E-state index in [0.717, 1.165) is 6.92 Å².